The van der Waals surface area contributed by atoms with E-state index in [-0.39, 0.29) is 17.1 Å². The zero-order valence-electron chi connectivity index (χ0n) is 9.82. The summed E-state index contributed by atoms with van der Waals surface area (Å²) in [6.45, 7) is 0. The molecule has 0 saturated carbocycles. The number of nitro benzene ring substituents is 1. The van der Waals surface area contributed by atoms with Gasteiger partial charge in [-0.2, -0.15) is 4.39 Å². The van der Waals surface area contributed by atoms with Gasteiger partial charge >= 0.3 is 11.7 Å². The maximum Gasteiger partial charge on any atom is 0.339 e. The van der Waals surface area contributed by atoms with Gasteiger partial charge in [-0.25, -0.2) is 4.79 Å². The van der Waals surface area contributed by atoms with Crippen LogP contribution in [0.1, 0.15) is 10.4 Å². The lowest BCUT2D eigenvalue weighted by Gasteiger charge is -2.07. The molecular formula is C12H7FN2O5. The maximum atomic E-state index is 13.4. The van der Waals surface area contributed by atoms with Crippen molar-refractivity contribution < 1.29 is 24.0 Å². The average molecular weight is 278 g/mol. The van der Waals surface area contributed by atoms with Crippen molar-refractivity contribution in [3.05, 3.63) is 58.2 Å². The van der Waals surface area contributed by atoms with Crippen LogP contribution >= 0.6 is 0 Å². The van der Waals surface area contributed by atoms with E-state index in [1.165, 1.54) is 18.3 Å². The molecule has 0 fully saturated rings. The van der Waals surface area contributed by atoms with Crippen molar-refractivity contribution in [1.82, 2.24) is 4.98 Å². The van der Waals surface area contributed by atoms with Crippen LogP contribution in [0.25, 0.3) is 0 Å². The fourth-order valence-electron chi connectivity index (χ4n) is 1.46. The second-order valence-corrected chi connectivity index (χ2v) is 3.65. The molecule has 0 aliphatic heterocycles. The predicted octanol–water partition coefficient (Wildman–Crippen LogP) is 2.62. The number of nitrogens with zero attached hydrogens (tertiary/aromatic N) is 2. The first-order valence-corrected chi connectivity index (χ1v) is 5.28. The van der Waals surface area contributed by atoms with Crippen molar-refractivity contribution in [2.75, 3.05) is 0 Å². The number of carboxylic acid groups (broad SMARTS) is 1. The highest BCUT2D eigenvalue weighted by Gasteiger charge is 2.16. The summed E-state index contributed by atoms with van der Waals surface area (Å²) < 4.78 is 18.6. The van der Waals surface area contributed by atoms with E-state index in [4.69, 9.17) is 9.84 Å². The van der Waals surface area contributed by atoms with Crippen molar-refractivity contribution in [2.24, 2.45) is 0 Å². The standard InChI is InChI=1S/C12H7FN2O5/c13-9-5-7(1-2-10(9)15(18)19)20-11-6-14-4-3-8(11)12(16)17/h1-6H,(H,16,17). The van der Waals surface area contributed by atoms with Gasteiger partial charge in [-0.05, 0) is 12.1 Å². The van der Waals surface area contributed by atoms with Crippen molar-refractivity contribution >= 4 is 11.7 Å². The van der Waals surface area contributed by atoms with E-state index in [9.17, 15) is 19.3 Å². The van der Waals surface area contributed by atoms with Gasteiger partial charge in [0.05, 0.1) is 11.1 Å². The lowest BCUT2D eigenvalue weighted by Crippen LogP contribution is -2.00. The number of hydrogen-bond donors (Lipinski definition) is 1. The van der Waals surface area contributed by atoms with Crippen molar-refractivity contribution in [1.29, 1.82) is 0 Å². The van der Waals surface area contributed by atoms with E-state index >= 15 is 0 Å². The predicted molar refractivity (Wildman–Crippen MR) is 64.3 cm³/mol. The summed E-state index contributed by atoms with van der Waals surface area (Å²) in [6.07, 6.45) is 2.43. The third kappa shape index (κ3) is 2.69. The molecule has 0 spiro atoms. The molecule has 20 heavy (non-hydrogen) atoms. The molecule has 1 aromatic carbocycles. The number of aromatic carboxylic acids is 1. The molecule has 102 valence electrons. The zero-order valence-corrected chi connectivity index (χ0v) is 9.82. The molecule has 0 bridgehead atoms. The molecule has 0 atom stereocenters. The maximum absolute atomic E-state index is 13.4. The summed E-state index contributed by atoms with van der Waals surface area (Å²) in [5, 5.41) is 19.4. The van der Waals surface area contributed by atoms with E-state index in [1.807, 2.05) is 0 Å². The highest BCUT2D eigenvalue weighted by atomic mass is 19.1. The Morgan fingerprint density at radius 1 is 1.40 bits per heavy atom. The van der Waals surface area contributed by atoms with Gasteiger partial charge in [0.15, 0.2) is 5.75 Å². The van der Waals surface area contributed by atoms with Crippen LogP contribution in [0.4, 0.5) is 10.1 Å². The lowest BCUT2D eigenvalue weighted by molar-refractivity contribution is -0.387. The largest absolute Gasteiger partial charge is 0.478 e. The second kappa shape index (κ2) is 5.31. The summed E-state index contributed by atoms with van der Waals surface area (Å²) in [5.74, 6) is -2.46. The highest BCUT2D eigenvalue weighted by Crippen LogP contribution is 2.28. The molecule has 7 nitrogen and oxygen atoms in total. The SMILES string of the molecule is O=C(O)c1ccncc1Oc1ccc([N+](=O)[O-])c(F)c1. The fraction of sp³-hybridized carbons (Fsp3) is 0. The Hall–Kier alpha value is -3.03. The first kappa shape index (κ1) is 13.4. The Kier molecular flexibility index (Phi) is 3.56. The Morgan fingerprint density at radius 3 is 2.75 bits per heavy atom. The van der Waals surface area contributed by atoms with E-state index < -0.39 is 22.4 Å². The van der Waals surface area contributed by atoms with Crippen LogP contribution in [-0.2, 0) is 0 Å². The first-order valence-electron chi connectivity index (χ1n) is 5.28. The Labute approximate surface area is 111 Å². The number of halogens is 1. The summed E-state index contributed by atoms with van der Waals surface area (Å²) in [5.41, 5.74) is -0.847. The summed E-state index contributed by atoms with van der Waals surface area (Å²) in [4.78, 5) is 24.3. The summed E-state index contributed by atoms with van der Waals surface area (Å²) in [7, 11) is 0. The van der Waals surface area contributed by atoms with Crippen LogP contribution in [0.15, 0.2) is 36.7 Å². The number of carboxylic acids is 1. The van der Waals surface area contributed by atoms with Gasteiger partial charge in [0.25, 0.3) is 0 Å². The minimum Gasteiger partial charge on any atom is -0.478 e. The monoisotopic (exact) mass is 278 g/mol. The van der Waals surface area contributed by atoms with Gasteiger partial charge in [-0.3, -0.25) is 15.1 Å². The quantitative estimate of drug-likeness (QED) is 0.681. The molecular weight excluding hydrogens is 271 g/mol. The Bertz CT molecular complexity index is 689. The van der Waals surface area contributed by atoms with Crippen LogP contribution < -0.4 is 4.74 Å². The van der Waals surface area contributed by atoms with Crippen LogP contribution in [0.2, 0.25) is 0 Å². The van der Waals surface area contributed by atoms with Crippen LogP contribution in [0.3, 0.4) is 0 Å². The number of benzene rings is 1. The number of aromatic nitrogens is 1. The molecule has 1 N–H and O–H groups in total. The second-order valence-electron chi connectivity index (χ2n) is 3.65. The summed E-state index contributed by atoms with van der Waals surface area (Å²) >= 11 is 0. The summed E-state index contributed by atoms with van der Waals surface area (Å²) in [6, 6.07) is 4.12. The number of pyridine rings is 1. The minimum atomic E-state index is -1.23. The first-order chi connectivity index (χ1) is 9.49. The number of ether oxygens (including phenoxy) is 1. The highest BCUT2D eigenvalue weighted by molar-refractivity contribution is 5.90. The smallest absolute Gasteiger partial charge is 0.339 e. The molecule has 0 unspecified atom stereocenters. The third-order valence-electron chi connectivity index (χ3n) is 2.36. The Morgan fingerprint density at radius 2 is 2.15 bits per heavy atom. The normalized spacial score (nSPS) is 10.1. The van der Waals surface area contributed by atoms with Crippen molar-refractivity contribution in [3.8, 4) is 11.5 Å². The molecule has 2 rings (SSSR count). The average Bonchev–Trinajstić information content (AvgIpc) is 2.38. The minimum absolute atomic E-state index is 0.0661. The molecule has 0 saturated heterocycles. The fourth-order valence-corrected chi connectivity index (χ4v) is 1.46. The zero-order chi connectivity index (χ0) is 14.7. The van der Waals surface area contributed by atoms with Crippen LogP contribution in [-0.4, -0.2) is 21.0 Å². The number of carbonyl (C=O) groups is 1. The Balaban J connectivity index is 2.34. The lowest BCUT2D eigenvalue weighted by atomic mass is 10.2. The van der Waals surface area contributed by atoms with Crippen LogP contribution in [0, 0.1) is 15.9 Å². The molecule has 0 aliphatic rings. The van der Waals surface area contributed by atoms with Crippen molar-refractivity contribution in [2.45, 2.75) is 0 Å². The molecule has 0 aliphatic carbocycles. The van der Waals surface area contributed by atoms with Gasteiger partial charge < -0.3 is 9.84 Å². The molecule has 0 radical (unpaired) electrons. The van der Waals surface area contributed by atoms with Crippen LogP contribution in [0.5, 0.6) is 11.5 Å². The van der Waals surface area contributed by atoms with Gasteiger partial charge in [-0.1, -0.05) is 0 Å². The van der Waals surface area contributed by atoms with Gasteiger partial charge in [-0.15, -0.1) is 0 Å². The van der Waals surface area contributed by atoms with Gasteiger partial charge in [0.2, 0.25) is 5.82 Å². The third-order valence-corrected chi connectivity index (χ3v) is 2.36. The number of rotatable bonds is 4. The van der Waals surface area contributed by atoms with Gasteiger partial charge in [0, 0.05) is 18.3 Å². The molecule has 2 aromatic rings. The van der Waals surface area contributed by atoms with E-state index in [2.05, 4.69) is 4.98 Å². The number of nitro groups is 1. The van der Waals surface area contributed by atoms with E-state index in [0.29, 0.717) is 0 Å². The van der Waals surface area contributed by atoms with Gasteiger partial charge in [0.1, 0.15) is 11.3 Å². The van der Waals surface area contributed by atoms with E-state index in [1.54, 1.807) is 0 Å². The molecule has 1 heterocycles. The molecule has 1 aromatic heterocycles. The number of hydrogen-bond acceptors (Lipinski definition) is 5. The topological polar surface area (TPSA) is 103 Å². The molecule has 0 amide bonds. The van der Waals surface area contributed by atoms with Crippen molar-refractivity contribution in [3.63, 3.8) is 0 Å². The van der Waals surface area contributed by atoms with E-state index in [0.717, 1.165) is 18.3 Å². The molecule has 8 heteroatoms.